The third-order valence-electron chi connectivity index (χ3n) is 2.68. The van der Waals surface area contributed by atoms with Gasteiger partial charge < -0.3 is 16.0 Å². The lowest BCUT2D eigenvalue weighted by Crippen LogP contribution is -2.22. The van der Waals surface area contributed by atoms with Crippen LogP contribution in [-0.4, -0.2) is 11.1 Å². The van der Waals surface area contributed by atoms with Crippen molar-refractivity contribution in [2.24, 2.45) is 18.5 Å². The van der Waals surface area contributed by atoms with Crippen molar-refractivity contribution in [2.75, 3.05) is 6.54 Å². The molecule has 0 aliphatic heterocycles. The molecule has 1 heterocycles. The Labute approximate surface area is 93.6 Å². The molecule has 2 rings (SSSR count). The van der Waals surface area contributed by atoms with Gasteiger partial charge in [0.2, 0.25) is 0 Å². The zero-order chi connectivity index (χ0) is 11.0. The van der Waals surface area contributed by atoms with Crippen LogP contribution in [0.15, 0.2) is 24.3 Å². The summed E-state index contributed by atoms with van der Waals surface area (Å²) < 4.78 is 2.06. The second-order valence-electron chi connectivity index (χ2n) is 3.67. The molecule has 4 heteroatoms. The van der Waals surface area contributed by atoms with Crippen LogP contribution >= 0.6 is 11.6 Å². The smallest absolute Gasteiger partial charge is 0.0574 e. The van der Waals surface area contributed by atoms with E-state index in [2.05, 4.69) is 4.57 Å². The number of hydrogen-bond donors (Lipinski definition) is 2. The van der Waals surface area contributed by atoms with E-state index in [4.69, 9.17) is 23.1 Å². The minimum atomic E-state index is -0.124. The van der Waals surface area contributed by atoms with E-state index in [-0.39, 0.29) is 6.04 Å². The maximum Gasteiger partial charge on any atom is 0.0574 e. The molecule has 0 fully saturated rings. The van der Waals surface area contributed by atoms with Gasteiger partial charge in [-0.05, 0) is 24.3 Å². The minimum Gasteiger partial charge on any atom is -0.346 e. The molecular weight excluding hydrogens is 210 g/mol. The molecule has 0 saturated heterocycles. The Morgan fingerprint density at radius 3 is 2.80 bits per heavy atom. The molecule has 1 aromatic carbocycles. The molecule has 0 amide bonds. The number of nitrogens with two attached hydrogens (primary N) is 2. The Morgan fingerprint density at radius 2 is 2.13 bits per heavy atom. The van der Waals surface area contributed by atoms with Crippen LogP contribution in [0.3, 0.4) is 0 Å². The lowest BCUT2D eigenvalue weighted by atomic mass is 10.2. The second kappa shape index (κ2) is 3.85. The molecule has 0 aliphatic rings. The summed E-state index contributed by atoms with van der Waals surface area (Å²) in [4.78, 5) is 0. The maximum absolute atomic E-state index is 5.93. The lowest BCUT2D eigenvalue weighted by Gasteiger charge is -2.10. The number of benzene rings is 1. The van der Waals surface area contributed by atoms with E-state index in [1.54, 1.807) is 0 Å². The summed E-state index contributed by atoms with van der Waals surface area (Å²) in [5.41, 5.74) is 13.6. The summed E-state index contributed by atoms with van der Waals surface area (Å²) in [6.07, 6.45) is 0. The number of nitrogens with zero attached hydrogens (tertiary/aromatic N) is 1. The van der Waals surface area contributed by atoms with Gasteiger partial charge in [-0.25, -0.2) is 0 Å². The molecule has 0 spiro atoms. The van der Waals surface area contributed by atoms with Crippen LogP contribution in [0.5, 0.6) is 0 Å². The van der Waals surface area contributed by atoms with Gasteiger partial charge in [-0.15, -0.1) is 0 Å². The van der Waals surface area contributed by atoms with Crippen LogP contribution in [0, 0.1) is 0 Å². The molecule has 4 N–H and O–H groups in total. The molecular formula is C11H14ClN3. The van der Waals surface area contributed by atoms with Crippen LogP contribution in [-0.2, 0) is 7.05 Å². The van der Waals surface area contributed by atoms with E-state index in [1.165, 1.54) is 0 Å². The van der Waals surface area contributed by atoms with Crippen LogP contribution in [0.1, 0.15) is 11.7 Å². The second-order valence-corrected chi connectivity index (χ2v) is 4.11. The summed E-state index contributed by atoms with van der Waals surface area (Å²) >= 11 is 5.93. The minimum absolute atomic E-state index is 0.124. The topological polar surface area (TPSA) is 57.0 Å². The summed E-state index contributed by atoms with van der Waals surface area (Å²) in [6, 6.07) is 7.72. The largest absolute Gasteiger partial charge is 0.346 e. The van der Waals surface area contributed by atoms with Gasteiger partial charge in [0.1, 0.15) is 0 Å². The molecule has 0 aliphatic carbocycles. The highest BCUT2D eigenvalue weighted by Gasteiger charge is 2.11. The third kappa shape index (κ3) is 1.74. The number of aromatic nitrogens is 1. The van der Waals surface area contributed by atoms with Crippen molar-refractivity contribution in [3.63, 3.8) is 0 Å². The van der Waals surface area contributed by atoms with Gasteiger partial charge in [0.15, 0.2) is 0 Å². The molecule has 0 bridgehead atoms. The Bertz CT molecular complexity index is 490. The predicted octanol–water partition coefficient (Wildman–Crippen LogP) is 1.79. The molecule has 0 saturated carbocycles. The fraction of sp³-hybridized carbons (Fsp3) is 0.273. The fourth-order valence-corrected chi connectivity index (χ4v) is 2.00. The first-order chi connectivity index (χ1) is 7.13. The third-order valence-corrected chi connectivity index (χ3v) is 2.91. The summed E-state index contributed by atoms with van der Waals surface area (Å²) in [5.74, 6) is 0. The average molecular weight is 224 g/mol. The van der Waals surface area contributed by atoms with Crippen molar-refractivity contribution in [2.45, 2.75) is 6.04 Å². The number of hydrogen-bond acceptors (Lipinski definition) is 2. The standard InChI is InChI=1S/C11H14ClN3/c1-15-10-3-2-8(12)4-7(10)5-11(15)9(14)6-13/h2-5,9H,6,13-14H2,1H3. The monoisotopic (exact) mass is 223 g/mol. The van der Waals surface area contributed by atoms with Gasteiger partial charge in [0, 0.05) is 35.2 Å². The van der Waals surface area contributed by atoms with Crippen molar-refractivity contribution < 1.29 is 0 Å². The van der Waals surface area contributed by atoms with E-state index in [0.717, 1.165) is 21.6 Å². The molecule has 80 valence electrons. The Hall–Kier alpha value is -1.03. The van der Waals surface area contributed by atoms with E-state index >= 15 is 0 Å². The van der Waals surface area contributed by atoms with Crippen molar-refractivity contribution in [3.05, 3.63) is 35.0 Å². The van der Waals surface area contributed by atoms with Gasteiger partial charge in [-0.3, -0.25) is 0 Å². The number of rotatable bonds is 2. The molecule has 1 atom stereocenters. The Morgan fingerprint density at radius 1 is 1.40 bits per heavy atom. The number of halogens is 1. The molecule has 15 heavy (non-hydrogen) atoms. The van der Waals surface area contributed by atoms with Gasteiger partial charge in [-0.1, -0.05) is 11.6 Å². The highest BCUT2D eigenvalue weighted by atomic mass is 35.5. The lowest BCUT2D eigenvalue weighted by molar-refractivity contribution is 0.675. The van der Waals surface area contributed by atoms with E-state index < -0.39 is 0 Å². The molecule has 1 unspecified atom stereocenters. The highest BCUT2D eigenvalue weighted by Crippen LogP contribution is 2.24. The first-order valence-corrected chi connectivity index (χ1v) is 5.22. The summed E-state index contributed by atoms with van der Waals surface area (Å²) in [6.45, 7) is 0.442. The quantitative estimate of drug-likeness (QED) is 0.816. The summed E-state index contributed by atoms with van der Waals surface area (Å²) in [7, 11) is 1.99. The normalized spacial score (nSPS) is 13.3. The molecule has 0 radical (unpaired) electrons. The van der Waals surface area contributed by atoms with Crippen LogP contribution in [0.4, 0.5) is 0 Å². The SMILES string of the molecule is Cn1c(C(N)CN)cc2cc(Cl)ccc21. The van der Waals surface area contributed by atoms with Gasteiger partial charge >= 0.3 is 0 Å². The van der Waals surface area contributed by atoms with Crippen molar-refractivity contribution in [1.82, 2.24) is 4.57 Å². The van der Waals surface area contributed by atoms with Gasteiger partial charge in [0.25, 0.3) is 0 Å². The molecule has 3 nitrogen and oxygen atoms in total. The molecule has 2 aromatic rings. The summed E-state index contributed by atoms with van der Waals surface area (Å²) in [5, 5.41) is 1.84. The average Bonchev–Trinajstić information content (AvgIpc) is 2.54. The maximum atomic E-state index is 5.93. The van der Waals surface area contributed by atoms with E-state index in [9.17, 15) is 0 Å². The number of fused-ring (bicyclic) bond motifs is 1. The highest BCUT2D eigenvalue weighted by molar-refractivity contribution is 6.31. The van der Waals surface area contributed by atoms with E-state index in [0.29, 0.717) is 6.54 Å². The number of aryl methyl sites for hydroxylation is 1. The Kier molecular flexibility index (Phi) is 2.69. The van der Waals surface area contributed by atoms with Gasteiger partial charge in [-0.2, -0.15) is 0 Å². The van der Waals surface area contributed by atoms with Gasteiger partial charge in [0.05, 0.1) is 6.04 Å². The zero-order valence-electron chi connectivity index (χ0n) is 8.57. The first-order valence-electron chi connectivity index (χ1n) is 4.84. The fourth-order valence-electron chi connectivity index (χ4n) is 1.82. The van der Waals surface area contributed by atoms with Crippen molar-refractivity contribution in [1.29, 1.82) is 0 Å². The molecule has 1 aromatic heterocycles. The first kappa shape index (κ1) is 10.5. The predicted molar refractivity (Wildman–Crippen MR) is 63.9 cm³/mol. The van der Waals surface area contributed by atoms with E-state index in [1.807, 2.05) is 31.3 Å². The van der Waals surface area contributed by atoms with Crippen molar-refractivity contribution >= 4 is 22.5 Å². The van der Waals surface area contributed by atoms with Crippen LogP contribution in [0.25, 0.3) is 10.9 Å². The van der Waals surface area contributed by atoms with Crippen LogP contribution in [0.2, 0.25) is 5.02 Å². The zero-order valence-corrected chi connectivity index (χ0v) is 9.33. The Balaban J connectivity index is 2.63. The van der Waals surface area contributed by atoms with Crippen molar-refractivity contribution in [3.8, 4) is 0 Å². The van der Waals surface area contributed by atoms with Crippen LogP contribution < -0.4 is 11.5 Å².